The molecule has 62 heavy (non-hydrogen) atoms. The molecule has 1 heterocycles. The first kappa shape index (κ1) is 44.7. The zero-order valence-corrected chi connectivity index (χ0v) is 36.4. The monoisotopic (exact) mass is 903 g/mol. The van der Waals surface area contributed by atoms with Gasteiger partial charge in [0.15, 0.2) is 0 Å². The largest absolute Gasteiger partial charge is 0.456 e. The Kier molecular flexibility index (Phi) is 13.1. The summed E-state index contributed by atoms with van der Waals surface area (Å²) in [5, 5.41) is -5.88. The second-order valence-corrected chi connectivity index (χ2v) is 17.2. The Morgan fingerprint density at radius 1 is 0.710 bits per heavy atom. The zero-order chi connectivity index (χ0) is 44.4. The van der Waals surface area contributed by atoms with Gasteiger partial charge in [-0.3, -0.25) is 0 Å². The molecular weight excluding hydrogens is 865 g/mol. The van der Waals surface area contributed by atoms with Gasteiger partial charge in [0, 0.05) is 52.0 Å². The van der Waals surface area contributed by atoms with Gasteiger partial charge in [-0.25, -0.2) is 9.28 Å². The first-order valence-electron chi connectivity index (χ1n) is 19.0. The van der Waals surface area contributed by atoms with Crippen LogP contribution in [0.15, 0.2) is 142 Å². The smallest absolute Gasteiger partial charge is 0.398 e. The van der Waals surface area contributed by atoms with Gasteiger partial charge in [-0.05, 0) is 115 Å². The van der Waals surface area contributed by atoms with Crippen LogP contribution in [-0.2, 0) is 4.28 Å². The van der Waals surface area contributed by atoms with Gasteiger partial charge in [0.25, 0.3) is 0 Å². The van der Waals surface area contributed by atoms with Crippen LogP contribution in [0.2, 0.25) is 0 Å². The lowest BCUT2D eigenvalue weighted by atomic mass is 9.93. The highest BCUT2D eigenvalue weighted by molar-refractivity contribution is 7.99. The van der Waals surface area contributed by atoms with E-state index in [0.717, 1.165) is 61.3 Å². The van der Waals surface area contributed by atoms with Crippen LogP contribution in [0.1, 0.15) is 27.8 Å². The first-order valence-corrected chi connectivity index (χ1v) is 21.3. The molecule has 320 valence electrons. The van der Waals surface area contributed by atoms with Crippen LogP contribution in [0.5, 0.6) is 5.75 Å². The number of aryl methyl sites for hydroxylation is 4. The van der Waals surface area contributed by atoms with E-state index in [4.69, 9.17) is 17.9 Å². The highest BCUT2D eigenvalue weighted by atomic mass is 32.2. The number of anilines is 2. The molecule has 0 spiro atoms. The van der Waals surface area contributed by atoms with Crippen molar-refractivity contribution in [3.8, 4) is 28.2 Å². The summed E-state index contributed by atoms with van der Waals surface area (Å²) in [6.45, 7) is 11.6. The van der Waals surface area contributed by atoms with Gasteiger partial charge >= 0.3 is 16.4 Å². The molecule has 0 fully saturated rings. The summed E-state index contributed by atoms with van der Waals surface area (Å²) >= 11 is -1.37. The maximum atomic E-state index is 15.0. The number of halogens is 6. The Balaban J connectivity index is 1.21. The summed E-state index contributed by atoms with van der Waals surface area (Å²) in [4.78, 5) is 5.42. The van der Waals surface area contributed by atoms with E-state index in [9.17, 15) is 17.6 Å². The van der Waals surface area contributed by atoms with Crippen molar-refractivity contribution in [1.29, 1.82) is 0 Å². The van der Waals surface area contributed by atoms with E-state index >= 15 is 8.78 Å². The minimum absolute atomic E-state index is 0.243. The van der Waals surface area contributed by atoms with Crippen LogP contribution in [0.25, 0.3) is 39.5 Å². The lowest BCUT2D eigenvalue weighted by Crippen LogP contribution is -2.51. The van der Waals surface area contributed by atoms with Crippen molar-refractivity contribution in [1.82, 2.24) is 4.47 Å². The molecule has 5 aromatic carbocycles. The summed E-state index contributed by atoms with van der Waals surface area (Å²) in [6, 6.07) is 35.6. The summed E-state index contributed by atoms with van der Waals surface area (Å²) in [7, 11) is 1.20. The average molecular weight is 904 g/mol. The van der Waals surface area contributed by atoms with E-state index in [1.165, 1.54) is 37.4 Å². The second kappa shape index (κ2) is 18.2. The van der Waals surface area contributed by atoms with Gasteiger partial charge in [-0.2, -0.15) is 26.3 Å². The predicted octanol–water partition coefficient (Wildman–Crippen LogP) is 15.1. The minimum atomic E-state index is -5.90. The van der Waals surface area contributed by atoms with Crippen molar-refractivity contribution in [2.75, 3.05) is 12.4 Å². The zero-order valence-electron chi connectivity index (χ0n) is 33.9. The molecule has 1 aliphatic carbocycles. The maximum absolute atomic E-state index is 15.0. The van der Waals surface area contributed by atoms with Gasteiger partial charge in [-0.1, -0.05) is 79.4 Å². The molecular formula is C47H39F6N3O3S3. The van der Waals surface area contributed by atoms with Crippen molar-refractivity contribution in [2.24, 2.45) is 4.99 Å². The minimum Gasteiger partial charge on any atom is -0.456 e. The highest BCUT2D eigenvalue weighted by Crippen LogP contribution is 2.56. The van der Waals surface area contributed by atoms with Crippen LogP contribution in [0, 0.1) is 27.7 Å². The van der Waals surface area contributed by atoms with Crippen LogP contribution in [0.4, 0.5) is 43.4 Å². The Labute approximate surface area is 367 Å². The maximum Gasteiger partial charge on any atom is 0.398 e. The second-order valence-electron chi connectivity index (χ2n) is 14.3. The number of rotatable bonds is 15. The normalized spacial score (nSPS) is 12.7. The molecule has 0 radical (unpaired) electrons. The Bertz CT molecular complexity index is 2760. The molecule has 1 N–H and O–H groups in total. The van der Waals surface area contributed by atoms with E-state index < -0.39 is 40.5 Å². The molecule has 7 rings (SSSR count). The number of nitrogens with zero attached hydrogens (tertiary/aromatic N) is 2. The van der Waals surface area contributed by atoms with E-state index in [2.05, 4.69) is 11.9 Å². The lowest BCUT2D eigenvalue weighted by molar-refractivity contribution is -0.241. The number of para-hydroxylation sites is 2. The van der Waals surface area contributed by atoms with Crippen molar-refractivity contribution < 1.29 is 39.2 Å². The van der Waals surface area contributed by atoms with Crippen LogP contribution in [-0.4, -0.2) is 27.9 Å². The molecule has 0 saturated heterocycles. The molecule has 0 saturated carbocycles. The van der Waals surface area contributed by atoms with E-state index in [-0.39, 0.29) is 5.75 Å². The molecule has 1 aliphatic heterocycles. The number of benzene rings is 6. The van der Waals surface area contributed by atoms with Gasteiger partial charge in [-0.15, -0.1) is 4.47 Å². The molecule has 0 atom stereocenters. The molecule has 2 aliphatic rings. The molecule has 15 heteroatoms. The highest BCUT2D eigenvalue weighted by Gasteiger charge is 2.74. The lowest BCUT2D eigenvalue weighted by Gasteiger charge is -2.30. The van der Waals surface area contributed by atoms with Crippen molar-refractivity contribution in [3.63, 3.8) is 0 Å². The number of nitrogens with one attached hydrogen (secondary N) is 1. The fourth-order valence-corrected chi connectivity index (χ4v) is 8.56. The van der Waals surface area contributed by atoms with Crippen molar-refractivity contribution in [3.05, 3.63) is 161 Å². The summed E-state index contributed by atoms with van der Waals surface area (Å²) < 4.78 is 106. The molecule has 0 bridgehead atoms. The van der Waals surface area contributed by atoms with Crippen molar-refractivity contribution in [2.45, 2.75) is 49.0 Å². The fraction of sp³-hybridized carbons (Fsp3) is 0.170. The van der Waals surface area contributed by atoms with E-state index in [1.807, 2.05) is 107 Å². The van der Waals surface area contributed by atoms with Crippen molar-refractivity contribution >= 4 is 70.1 Å². The predicted molar refractivity (Wildman–Crippen MR) is 240 cm³/mol. The number of fused-ring (bicyclic) bond motifs is 2. The van der Waals surface area contributed by atoms with E-state index in [1.54, 1.807) is 18.2 Å². The van der Waals surface area contributed by atoms with Gasteiger partial charge in [0.05, 0.1) is 23.1 Å². The average Bonchev–Trinajstić information content (AvgIpc) is 3.24. The molecule has 0 unspecified atom stereocenters. The Morgan fingerprint density at radius 3 is 2.03 bits per heavy atom. The topological polar surface area (TPSA) is 59.2 Å². The standard InChI is InChI=1S/C47H39F6N3O3S3/c1-7-32-18-22-35(23-19-32)58-61-46(50,51)45(48,49)47(52,53)62-59-56(6)60-41-17-9-8-16-38(41)42-36-24-20-33(54-43-28(2)12-10-13-29(43)3)26-39(36)57-40-27-34(21-25-37(40)42)55-44-30(4)14-11-15-31(44)5/h7-27,54H,1H2,2-6H3. The molecule has 6 nitrogen and oxygen atoms in total. The number of hydrogen-bond donors (Lipinski definition) is 1. The fourth-order valence-electron chi connectivity index (χ4n) is 6.62. The number of hydroxylamine groups is 1. The number of alkyl halides is 6. The summed E-state index contributed by atoms with van der Waals surface area (Å²) in [5.41, 5.74) is 9.86. The molecule has 0 amide bonds. The third kappa shape index (κ3) is 9.37. The number of hydrogen-bond acceptors (Lipinski definition) is 9. The Hall–Kier alpha value is -5.32. The molecule has 5 aromatic rings. The van der Waals surface area contributed by atoms with Gasteiger partial charge in [0.2, 0.25) is 0 Å². The van der Waals surface area contributed by atoms with E-state index in [0.29, 0.717) is 43.7 Å². The molecule has 0 aromatic heterocycles. The summed E-state index contributed by atoms with van der Waals surface area (Å²) in [5.74, 6) is -5.64. The summed E-state index contributed by atoms with van der Waals surface area (Å²) in [6.07, 6.45) is 1.47. The van der Waals surface area contributed by atoms with Crippen LogP contribution < -0.4 is 14.9 Å². The Morgan fingerprint density at radius 2 is 1.35 bits per heavy atom. The van der Waals surface area contributed by atoms with Crippen LogP contribution >= 0.6 is 36.0 Å². The van der Waals surface area contributed by atoms with Crippen LogP contribution in [0.3, 0.4) is 0 Å². The first-order chi connectivity index (χ1) is 29.5. The third-order valence-corrected chi connectivity index (χ3v) is 12.3. The van der Waals surface area contributed by atoms with Gasteiger partial charge < -0.3 is 13.9 Å². The van der Waals surface area contributed by atoms with Gasteiger partial charge in [0.1, 0.15) is 29.1 Å². The quantitative estimate of drug-likeness (QED) is 0.0359. The SMILES string of the molecule is C=Cc1ccc(OSC(F)(F)C(F)(F)C(F)(F)SON(C)Sc2ccccc2-c2c3ccc(=Nc4c(C)cccc4C)cc-3oc3cc(Nc4c(C)cccc4C)ccc23)cc1. The third-order valence-electron chi connectivity index (χ3n) is 9.86.